The van der Waals surface area contributed by atoms with Crippen molar-refractivity contribution in [3.05, 3.63) is 59.2 Å². The molecule has 1 amide bonds. The van der Waals surface area contributed by atoms with Gasteiger partial charge in [-0.15, -0.1) is 0 Å². The molecule has 2 unspecified atom stereocenters. The highest BCUT2D eigenvalue weighted by molar-refractivity contribution is 5.79. The minimum absolute atomic E-state index is 0.0444. The van der Waals surface area contributed by atoms with Gasteiger partial charge in [-0.25, -0.2) is 0 Å². The Labute approximate surface area is 196 Å². The number of hydrogen-bond acceptors (Lipinski definition) is 2. The molecule has 1 aliphatic heterocycles. The Morgan fingerprint density at radius 2 is 1.70 bits per heavy atom. The van der Waals surface area contributed by atoms with E-state index < -0.39 is 11.7 Å². The quantitative estimate of drug-likeness (QED) is 0.512. The maximum atomic E-state index is 13.3. The minimum atomic E-state index is -4.31. The van der Waals surface area contributed by atoms with Crippen LogP contribution in [0.5, 0.6) is 0 Å². The van der Waals surface area contributed by atoms with Crippen molar-refractivity contribution >= 4 is 5.91 Å². The van der Waals surface area contributed by atoms with Gasteiger partial charge in [-0.3, -0.25) is 9.69 Å². The number of carbonyl (C=O) groups is 1. The molecule has 0 bridgehead atoms. The fourth-order valence-electron chi connectivity index (χ4n) is 4.81. The smallest absolute Gasteiger partial charge is 0.340 e. The van der Waals surface area contributed by atoms with E-state index in [1.54, 1.807) is 6.08 Å². The van der Waals surface area contributed by atoms with Crippen LogP contribution in [0, 0.1) is 24.7 Å². The van der Waals surface area contributed by atoms with Crippen LogP contribution in [0.1, 0.15) is 44.7 Å². The number of piperazine rings is 1. The van der Waals surface area contributed by atoms with Crippen molar-refractivity contribution in [3.8, 4) is 0 Å². The third-order valence-electron chi connectivity index (χ3n) is 6.84. The zero-order valence-electron chi connectivity index (χ0n) is 20.2. The number of halogens is 3. The molecule has 182 valence electrons. The molecule has 0 N–H and O–H groups in total. The summed E-state index contributed by atoms with van der Waals surface area (Å²) in [6.45, 7) is 10.8. The molecular weight excluding hydrogens is 425 g/mol. The summed E-state index contributed by atoms with van der Waals surface area (Å²) in [7, 11) is 0. The fourth-order valence-corrected chi connectivity index (χ4v) is 4.81. The number of amides is 1. The van der Waals surface area contributed by atoms with Gasteiger partial charge in [0.2, 0.25) is 5.91 Å². The second kappa shape index (κ2) is 10.9. The first kappa shape index (κ1) is 25.5. The van der Waals surface area contributed by atoms with E-state index in [0.29, 0.717) is 38.5 Å². The number of carbonyl (C=O) groups excluding carboxylic acids is 1. The molecule has 3 atom stereocenters. The van der Waals surface area contributed by atoms with Gasteiger partial charge in [-0.1, -0.05) is 75.2 Å². The van der Waals surface area contributed by atoms with E-state index in [1.807, 2.05) is 18.7 Å². The van der Waals surface area contributed by atoms with Crippen molar-refractivity contribution in [2.24, 2.45) is 17.8 Å². The Morgan fingerprint density at radius 3 is 2.27 bits per heavy atom. The third-order valence-corrected chi connectivity index (χ3v) is 6.84. The lowest BCUT2D eigenvalue weighted by atomic mass is 9.84. The Hall–Kier alpha value is -2.08. The molecule has 1 heterocycles. The first-order valence-corrected chi connectivity index (χ1v) is 12.1. The third kappa shape index (κ3) is 6.95. The topological polar surface area (TPSA) is 23.6 Å². The van der Waals surface area contributed by atoms with Gasteiger partial charge >= 0.3 is 6.18 Å². The minimum Gasteiger partial charge on any atom is -0.340 e. The molecule has 1 aromatic rings. The Kier molecular flexibility index (Phi) is 8.43. The van der Waals surface area contributed by atoms with Crippen molar-refractivity contribution in [2.45, 2.75) is 59.2 Å². The lowest BCUT2D eigenvalue weighted by Crippen LogP contribution is -2.54. The summed E-state index contributed by atoms with van der Waals surface area (Å²) in [5.41, 5.74) is 1.83. The summed E-state index contributed by atoms with van der Waals surface area (Å²) in [5.74, 6) is 0.357. The van der Waals surface area contributed by atoms with Crippen LogP contribution in [0.25, 0.3) is 0 Å². The van der Waals surface area contributed by atoms with Crippen molar-refractivity contribution in [3.63, 3.8) is 0 Å². The van der Waals surface area contributed by atoms with E-state index in [-0.39, 0.29) is 23.8 Å². The molecule has 2 aliphatic rings. The monoisotopic (exact) mass is 462 g/mol. The van der Waals surface area contributed by atoms with Gasteiger partial charge in [-0.05, 0) is 37.2 Å². The second-order valence-corrected chi connectivity index (χ2v) is 10.1. The maximum Gasteiger partial charge on any atom is 0.416 e. The lowest BCUT2D eigenvalue weighted by molar-refractivity contribution is -0.137. The summed E-state index contributed by atoms with van der Waals surface area (Å²) in [6, 6.07) is 8.24. The predicted molar refractivity (Wildman–Crippen MR) is 127 cm³/mol. The molecule has 0 radical (unpaired) electrons. The van der Waals surface area contributed by atoms with Gasteiger partial charge in [-0.2, -0.15) is 13.2 Å². The SMILES string of the molecule is Cc1ccc(C[C@@H](C)C(=O)N2CCN(C3C=CC(C(F)(F)F)=CC3CCC(C)C)CC2)cc1. The standard InChI is InChI=1S/C27H37F3N2O/c1-19(2)5-10-23-18-24(27(28,29)30)11-12-25(23)31-13-15-32(16-14-31)26(33)21(4)17-22-8-6-20(3)7-9-22/h6-9,11-12,18-19,21,23,25H,5,10,13-17H2,1-4H3/t21-,23?,25?/m1/s1. The average Bonchev–Trinajstić information content (AvgIpc) is 2.78. The van der Waals surface area contributed by atoms with E-state index in [9.17, 15) is 18.0 Å². The molecule has 33 heavy (non-hydrogen) atoms. The van der Waals surface area contributed by atoms with Gasteiger partial charge in [0.25, 0.3) is 0 Å². The van der Waals surface area contributed by atoms with Crippen LogP contribution in [0.2, 0.25) is 0 Å². The number of aryl methyl sites for hydroxylation is 1. The number of rotatable bonds is 7. The van der Waals surface area contributed by atoms with E-state index in [0.717, 1.165) is 18.4 Å². The van der Waals surface area contributed by atoms with Crippen LogP contribution in [-0.2, 0) is 11.2 Å². The van der Waals surface area contributed by atoms with E-state index in [1.165, 1.54) is 17.7 Å². The van der Waals surface area contributed by atoms with Crippen LogP contribution in [-0.4, -0.2) is 54.1 Å². The number of allylic oxidation sites excluding steroid dienone is 2. The van der Waals surface area contributed by atoms with Crippen molar-refractivity contribution in [2.75, 3.05) is 26.2 Å². The first-order chi connectivity index (χ1) is 15.5. The highest BCUT2D eigenvalue weighted by atomic mass is 19.4. The summed E-state index contributed by atoms with van der Waals surface area (Å²) < 4.78 is 39.9. The first-order valence-electron chi connectivity index (χ1n) is 12.1. The highest BCUT2D eigenvalue weighted by Gasteiger charge is 2.38. The molecule has 0 spiro atoms. The zero-order valence-corrected chi connectivity index (χ0v) is 20.2. The Morgan fingerprint density at radius 1 is 1.06 bits per heavy atom. The Balaban J connectivity index is 1.59. The molecular formula is C27H37F3N2O. The summed E-state index contributed by atoms with van der Waals surface area (Å²) in [5, 5.41) is 0. The summed E-state index contributed by atoms with van der Waals surface area (Å²) in [6.07, 6.45) is 2.42. The van der Waals surface area contributed by atoms with Crippen molar-refractivity contribution in [1.29, 1.82) is 0 Å². The normalized spacial score (nSPS) is 23.0. The summed E-state index contributed by atoms with van der Waals surface area (Å²) >= 11 is 0. The van der Waals surface area contributed by atoms with Gasteiger partial charge < -0.3 is 4.90 Å². The molecule has 1 fully saturated rings. The summed E-state index contributed by atoms with van der Waals surface area (Å²) in [4.78, 5) is 17.2. The molecule has 1 aromatic carbocycles. The maximum absolute atomic E-state index is 13.3. The largest absolute Gasteiger partial charge is 0.416 e. The molecule has 3 rings (SSSR count). The predicted octanol–water partition coefficient (Wildman–Crippen LogP) is 5.80. The van der Waals surface area contributed by atoms with E-state index >= 15 is 0 Å². The zero-order chi connectivity index (χ0) is 24.2. The van der Waals surface area contributed by atoms with E-state index in [2.05, 4.69) is 43.0 Å². The number of benzene rings is 1. The molecule has 1 aliphatic carbocycles. The second-order valence-electron chi connectivity index (χ2n) is 10.1. The van der Waals surface area contributed by atoms with Crippen molar-refractivity contribution < 1.29 is 18.0 Å². The highest BCUT2D eigenvalue weighted by Crippen LogP contribution is 2.35. The van der Waals surface area contributed by atoms with Crippen molar-refractivity contribution in [1.82, 2.24) is 9.80 Å². The van der Waals surface area contributed by atoms with Crippen LogP contribution in [0.4, 0.5) is 13.2 Å². The number of alkyl halides is 3. The van der Waals surface area contributed by atoms with Gasteiger partial charge in [0.05, 0.1) is 5.57 Å². The van der Waals surface area contributed by atoms with Crippen LogP contribution >= 0.6 is 0 Å². The van der Waals surface area contributed by atoms with Gasteiger partial charge in [0.1, 0.15) is 0 Å². The lowest BCUT2D eigenvalue weighted by Gasteiger charge is -2.42. The Bertz CT molecular complexity index is 849. The number of nitrogens with zero attached hydrogens (tertiary/aromatic N) is 2. The number of hydrogen-bond donors (Lipinski definition) is 0. The van der Waals surface area contributed by atoms with Gasteiger partial charge in [0, 0.05) is 38.1 Å². The van der Waals surface area contributed by atoms with Crippen LogP contribution < -0.4 is 0 Å². The molecule has 3 nitrogen and oxygen atoms in total. The van der Waals surface area contributed by atoms with Gasteiger partial charge in [0.15, 0.2) is 0 Å². The van der Waals surface area contributed by atoms with Crippen LogP contribution in [0.3, 0.4) is 0 Å². The molecule has 1 saturated heterocycles. The van der Waals surface area contributed by atoms with E-state index in [4.69, 9.17) is 0 Å². The average molecular weight is 463 g/mol. The molecule has 0 aromatic heterocycles. The fraction of sp³-hybridized carbons (Fsp3) is 0.593. The molecule has 0 saturated carbocycles. The molecule has 6 heteroatoms. The van der Waals surface area contributed by atoms with Crippen LogP contribution in [0.15, 0.2) is 48.1 Å².